The molecular weight excluding hydrogens is 370 g/mol. The van der Waals surface area contributed by atoms with Crippen molar-refractivity contribution in [1.29, 1.82) is 5.26 Å². The maximum Gasteiger partial charge on any atom is 0.346 e. The van der Waals surface area contributed by atoms with Gasteiger partial charge in [-0.1, -0.05) is 38.1 Å². The van der Waals surface area contributed by atoms with Crippen molar-refractivity contribution in [2.75, 3.05) is 19.8 Å². The summed E-state index contributed by atoms with van der Waals surface area (Å²) in [5.41, 5.74) is 1.34. The molecule has 0 saturated carbocycles. The Hall–Kier alpha value is -3.46. The van der Waals surface area contributed by atoms with Gasteiger partial charge < -0.3 is 19.3 Å². The molecule has 0 aliphatic rings. The molecule has 0 atom stereocenters. The number of carboxylic acid groups (broad SMARTS) is 1. The van der Waals surface area contributed by atoms with E-state index in [-0.39, 0.29) is 5.57 Å². The molecule has 6 heteroatoms. The number of rotatable bonds is 10. The Morgan fingerprint density at radius 2 is 1.76 bits per heavy atom. The summed E-state index contributed by atoms with van der Waals surface area (Å²) in [7, 11) is 0. The molecule has 0 aliphatic heterocycles. The van der Waals surface area contributed by atoms with E-state index in [0.29, 0.717) is 42.8 Å². The topological polar surface area (TPSA) is 88.8 Å². The van der Waals surface area contributed by atoms with E-state index in [1.54, 1.807) is 24.3 Å². The molecule has 2 aromatic carbocycles. The lowest BCUT2D eigenvalue weighted by Crippen LogP contribution is -2.11. The Kier molecular flexibility index (Phi) is 8.11. The van der Waals surface area contributed by atoms with Crippen LogP contribution in [0.1, 0.15) is 37.8 Å². The van der Waals surface area contributed by atoms with Gasteiger partial charge in [0, 0.05) is 0 Å². The first-order valence-electron chi connectivity index (χ1n) is 9.42. The van der Waals surface area contributed by atoms with Gasteiger partial charge in [0.2, 0.25) is 0 Å². The van der Waals surface area contributed by atoms with Crippen LogP contribution in [-0.2, 0) is 4.79 Å². The van der Waals surface area contributed by atoms with E-state index in [1.807, 2.05) is 31.2 Å². The number of benzene rings is 2. The Bertz CT molecular complexity index is 912. The van der Waals surface area contributed by atoms with Crippen LogP contribution < -0.4 is 14.2 Å². The third kappa shape index (κ3) is 6.28. The summed E-state index contributed by atoms with van der Waals surface area (Å²) in [6.07, 6.45) is 1.29. The molecule has 0 radical (unpaired) electrons. The molecule has 0 aliphatic carbocycles. The summed E-state index contributed by atoms with van der Waals surface area (Å²) in [5.74, 6) is 0.936. The number of nitrogens with zero attached hydrogens (tertiary/aromatic N) is 1. The summed E-state index contributed by atoms with van der Waals surface area (Å²) in [6, 6.07) is 14.6. The molecular formula is C23H25NO5. The van der Waals surface area contributed by atoms with Crippen LogP contribution in [0.2, 0.25) is 0 Å². The summed E-state index contributed by atoms with van der Waals surface area (Å²) >= 11 is 0. The second-order valence-electron chi connectivity index (χ2n) is 6.50. The molecule has 2 rings (SSSR count). The van der Waals surface area contributed by atoms with Crippen molar-refractivity contribution < 1.29 is 24.1 Å². The molecule has 0 aromatic heterocycles. The van der Waals surface area contributed by atoms with Crippen molar-refractivity contribution in [3.05, 3.63) is 59.2 Å². The Morgan fingerprint density at radius 3 is 2.38 bits per heavy atom. The highest BCUT2D eigenvalue weighted by atomic mass is 16.5. The minimum absolute atomic E-state index is 0.320. The van der Waals surface area contributed by atoms with Gasteiger partial charge in [0.15, 0.2) is 11.5 Å². The predicted octanol–water partition coefficient (Wildman–Crippen LogP) is 4.66. The minimum atomic E-state index is -1.27. The van der Waals surface area contributed by atoms with Gasteiger partial charge in [-0.3, -0.25) is 0 Å². The lowest BCUT2D eigenvalue weighted by atomic mass is 10.0. The Labute approximate surface area is 171 Å². The normalized spacial score (nSPS) is 11.1. The SMILES string of the molecule is CCOc1cc(C=C(C#N)C(=O)O)ccc1OCCOc1ccccc1C(C)C. The third-order valence-electron chi connectivity index (χ3n) is 4.07. The van der Waals surface area contributed by atoms with E-state index < -0.39 is 5.97 Å². The van der Waals surface area contributed by atoms with Crippen molar-refractivity contribution in [2.24, 2.45) is 0 Å². The van der Waals surface area contributed by atoms with Crippen molar-refractivity contribution in [2.45, 2.75) is 26.7 Å². The van der Waals surface area contributed by atoms with E-state index in [4.69, 9.17) is 24.6 Å². The van der Waals surface area contributed by atoms with Crippen LogP contribution in [0.3, 0.4) is 0 Å². The van der Waals surface area contributed by atoms with Gasteiger partial charge in [0.25, 0.3) is 0 Å². The second kappa shape index (κ2) is 10.8. The van der Waals surface area contributed by atoms with E-state index in [0.717, 1.165) is 11.3 Å². The molecule has 0 saturated heterocycles. The third-order valence-corrected chi connectivity index (χ3v) is 4.07. The van der Waals surface area contributed by atoms with Crippen LogP contribution in [0.15, 0.2) is 48.0 Å². The van der Waals surface area contributed by atoms with Crippen LogP contribution in [0.4, 0.5) is 0 Å². The molecule has 0 spiro atoms. The van der Waals surface area contributed by atoms with Crippen molar-refractivity contribution >= 4 is 12.0 Å². The van der Waals surface area contributed by atoms with E-state index in [1.165, 1.54) is 6.08 Å². The second-order valence-corrected chi connectivity index (χ2v) is 6.50. The van der Waals surface area contributed by atoms with Crippen molar-refractivity contribution in [3.63, 3.8) is 0 Å². The number of nitriles is 1. The summed E-state index contributed by atoms with van der Waals surface area (Å²) in [6.45, 7) is 7.19. The fourth-order valence-corrected chi connectivity index (χ4v) is 2.70. The van der Waals surface area contributed by atoms with Gasteiger partial charge >= 0.3 is 5.97 Å². The lowest BCUT2D eigenvalue weighted by Gasteiger charge is -2.15. The molecule has 2 aromatic rings. The highest BCUT2D eigenvalue weighted by Crippen LogP contribution is 2.30. The van der Waals surface area contributed by atoms with E-state index >= 15 is 0 Å². The predicted molar refractivity (Wildman–Crippen MR) is 110 cm³/mol. The molecule has 1 N–H and O–H groups in total. The number of hydrogen-bond acceptors (Lipinski definition) is 5. The highest BCUT2D eigenvalue weighted by molar-refractivity contribution is 5.96. The van der Waals surface area contributed by atoms with Crippen molar-refractivity contribution in [3.8, 4) is 23.3 Å². The maximum absolute atomic E-state index is 11.0. The van der Waals surface area contributed by atoms with Crippen LogP contribution in [-0.4, -0.2) is 30.9 Å². The minimum Gasteiger partial charge on any atom is -0.490 e. The Balaban J connectivity index is 2.05. The number of carbonyl (C=O) groups is 1. The highest BCUT2D eigenvalue weighted by Gasteiger charge is 2.10. The zero-order valence-corrected chi connectivity index (χ0v) is 16.8. The van der Waals surface area contributed by atoms with Crippen molar-refractivity contribution in [1.82, 2.24) is 0 Å². The van der Waals surface area contributed by atoms with Crippen LogP contribution in [0.5, 0.6) is 17.2 Å². The monoisotopic (exact) mass is 395 g/mol. The van der Waals surface area contributed by atoms with Gasteiger partial charge in [-0.25, -0.2) is 4.79 Å². The fraction of sp³-hybridized carbons (Fsp3) is 0.304. The fourth-order valence-electron chi connectivity index (χ4n) is 2.70. The van der Waals surface area contributed by atoms with Crippen LogP contribution >= 0.6 is 0 Å². The van der Waals surface area contributed by atoms with Gasteiger partial charge in [0.05, 0.1) is 6.61 Å². The largest absolute Gasteiger partial charge is 0.490 e. The number of hydrogen-bond donors (Lipinski definition) is 1. The standard InChI is InChI=1S/C23H25NO5/c1-4-27-22-14-17(13-18(15-24)23(25)26)9-10-21(22)29-12-11-28-20-8-6-5-7-19(20)16(2)3/h5-10,13-14,16H,4,11-12H2,1-3H3,(H,25,26). The van der Waals surface area contributed by atoms with Gasteiger partial charge in [-0.2, -0.15) is 5.26 Å². The summed E-state index contributed by atoms with van der Waals surface area (Å²) < 4.78 is 17.2. The summed E-state index contributed by atoms with van der Waals surface area (Å²) in [4.78, 5) is 11.0. The first-order chi connectivity index (χ1) is 14.0. The van der Waals surface area contributed by atoms with Gasteiger partial charge in [-0.15, -0.1) is 0 Å². The van der Waals surface area contributed by atoms with Crippen LogP contribution in [0, 0.1) is 11.3 Å². The zero-order chi connectivity index (χ0) is 21.2. The van der Waals surface area contributed by atoms with Gasteiger partial charge in [0.1, 0.15) is 30.6 Å². The molecule has 6 nitrogen and oxygen atoms in total. The molecule has 0 heterocycles. The molecule has 29 heavy (non-hydrogen) atoms. The van der Waals surface area contributed by atoms with E-state index in [9.17, 15) is 4.79 Å². The average molecular weight is 395 g/mol. The smallest absolute Gasteiger partial charge is 0.346 e. The average Bonchev–Trinajstić information content (AvgIpc) is 2.70. The van der Waals surface area contributed by atoms with E-state index in [2.05, 4.69) is 13.8 Å². The molecule has 0 fully saturated rings. The molecule has 0 unspecified atom stereocenters. The van der Waals surface area contributed by atoms with Gasteiger partial charge in [-0.05, 0) is 48.2 Å². The summed E-state index contributed by atoms with van der Waals surface area (Å²) in [5, 5.41) is 17.9. The maximum atomic E-state index is 11.0. The number of carboxylic acids is 1. The first-order valence-corrected chi connectivity index (χ1v) is 9.42. The number of para-hydroxylation sites is 1. The number of ether oxygens (including phenoxy) is 3. The Morgan fingerprint density at radius 1 is 1.07 bits per heavy atom. The number of aliphatic carboxylic acids is 1. The van der Waals surface area contributed by atoms with Crippen LogP contribution in [0.25, 0.3) is 6.08 Å². The quantitative estimate of drug-likeness (QED) is 0.358. The molecule has 0 bridgehead atoms. The first kappa shape index (κ1) is 21.8. The molecule has 152 valence electrons. The molecule has 0 amide bonds. The lowest BCUT2D eigenvalue weighted by molar-refractivity contribution is -0.132. The zero-order valence-electron chi connectivity index (χ0n) is 16.8.